The number of aliphatic hydroxyl groups excluding tert-OH is 2. The summed E-state index contributed by atoms with van der Waals surface area (Å²) in [5.74, 6) is 0.271. The summed E-state index contributed by atoms with van der Waals surface area (Å²) in [7, 11) is 2.71. The quantitative estimate of drug-likeness (QED) is 0.475. The van der Waals surface area contributed by atoms with Crippen molar-refractivity contribution in [2.75, 3.05) is 32.6 Å². The van der Waals surface area contributed by atoms with Crippen LogP contribution in [0.1, 0.15) is 84.8 Å². The monoisotopic (exact) mass is 486 g/mol. The number of hydrogen-bond acceptors (Lipinski definition) is 5. The van der Waals surface area contributed by atoms with Gasteiger partial charge in [-0.3, -0.25) is 9.59 Å². The number of methoxy groups -OCH3 is 1. The summed E-state index contributed by atoms with van der Waals surface area (Å²) >= 11 is 0. The van der Waals surface area contributed by atoms with E-state index < -0.39 is 11.9 Å². The second-order valence-corrected chi connectivity index (χ2v) is 8.70. The molecule has 0 spiro atoms. The van der Waals surface area contributed by atoms with E-state index in [9.17, 15) is 19.1 Å². The highest BCUT2D eigenvalue weighted by Crippen LogP contribution is 2.36. The van der Waals surface area contributed by atoms with Gasteiger partial charge in [-0.15, -0.1) is 0 Å². The van der Waals surface area contributed by atoms with Crippen molar-refractivity contribution in [2.24, 2.45) is 5.92 Å². The van der Waals surface area contributed by atoms with Crippen LogP contribution in [0.15, 0.2) is 18.2 Å². The molecule has 3 N–H and O–H groups in total. The first-order valence-corrected chi connectivity index (χ1v) is 12.1. The molecule has 0 bridgehead atoms. The lowest BCUT2D eigenvalue weighted by molar-refractivity contribution is -0.117. The van der Waals surface area contributed by atoms with Gasteiger partial charge in [-0.2, -0.15) is 0 Å². The Kier molecular flexibility index (Phi) is 20.4. The smallest absolute Gasteiger partial charge is 0.211 e. The minimum atomic E-state index is -0.580. The Balaban J connectivity index is 0. The van der Waals surface area contributed by atoms with Crippen LogP contribution in [0.5, 0.6) is 0 Å². The van der Waals surface area contributed by atoms with Crippen molar-refractivity contribution in [3.8, 4) is 0 Å². The number of anilines is 1. The number of hydrogen-bond donors (Lipinski definition) is 3. The highest BCUT2D eigenvalue weighted by atomic mass is 19.1. The van der Waals surface area contributed by atoms with Crippen molar-refractivity contribution in [3.05, 3.63) is 29.6 Å². The number of aliphatic hydroxyl groups is 2. The van der Waals surface area contributed by atoms with Gasteiger partial charge in [0.15, 0.2) is 0 Å². The highest BCUT2D eigenvalue weighted by molar-refractivity contribution is 5.71. The molecule has 198 valence electrons. The van der Waals surface area contributed by atoms with Gasteiger partial charge in [0.1, 0.15) is 5.82 Å². The minimum absolute atomic E-state index is 0.0417. The van der Waals surface area contributed by atoms with Crippen LogP contribution < -0.4 is 5.32 Å². The molecular weight excluding hydrogens is 439 g/mol. The van der Waals surface area contributed by atoms with E-state index in [0.29, 0.717) is 18.4 Å². The lowest BCUT2D eigenvalue weighted by atomic mass is 10.0. The van der Waals surface area contributed by atoms with Crippen LogP contribution in [-0.2, 0) is 14.3 Å². The number of carbonyl (C=O) groups is 2. The van der Waals surface area contributed by atoms with E-state index in [0.717, 1.165) is 38.9 Å². The third-order valence-electron chi connectivity index (χ3n) is 5.04. The average molecular weight is 487 g/mol. The molecular formula is C26H47FN2O5. The Bertz CT molecular complexity index is 643. The number of amides is 2. The molecule has 0 radical (unpaired) electrons. The minimum Gasteiger partial charge on any atom is -0.400 e. The Labute approximate surface area is 205 Å². The Hall–Kier alpha value is -2.03. The maximum atomic E-state index is 13.2. The van der Waals surface area contributed by atoms with Crippen molar-refractivity contribution < 1.29 is 28.9 Å². The number of halogens is 1. The largest absolute Gasteiger partial charge is 0.400 e. The predicted molar refractivity (Wildman–Crippen MR) is 136 cm³/mol. The molecule has 1 aromatic rings. The van der Waals surface area contributed by atoms with Crippen LogP contribution in [0.4, 0.5) is 10.1 Å². The van der Waals surface area contributed by atoms with Gasteiger partial charge in [0, 0.05) is 27.3 Å². The fraction of sp³-hybridized carbons (Fsp3) is 0.692. The number of rotatable bonds is 7. The first-order valence-electron chi connectivity index (χ1n) is 12.1. The summed E-state index contributed by atoms with van der Waals surface area (Å²) in [6.45, 7) is 12.0. The van der Waals surface area contributed by atoms with Gasteiger partial charge in [-0.05, 0) is 70.1 Å². The average Bonchev–Trinajstić information content (AvgIpc) is 3.53. The number of benzene rings is 1. The van der Waals surface area contributed by atoms with Gasteiger partial charge in [0.05, 0.1) is 17.4 Å². The number of likely N-dealkylation sites (tertiary alicyclic amines) is 1. The molecule has 0 aromatic heterocycles. The van der Waals surface area contributed by atoms with E-state index >= 15 is 0 Å². The van der Waals surface area contributed by atoms with E-state index in [1.54, 1.807) is 18.1 Å². The maximum absolute atomic E-state index is 13.2. The standard InChI is InChI=1S/C13H16FNO2.C5H9NO.C5H12O.C2H6.CH4O/c14-11-5-4-10(7-12(11)15-8-16)13(17)6-3-9-1-2-9;7-5-6-3-1-2-4-6;1-5(2,3)6-4;2*1-2/h4-5,7-9,13,17H,1-3,6H2,(H,15,16);5H,1-4H2;1-4H3;1-2H3;2H,1H3. The predicted octanol–water partition coefficient (Wildman–Crippen LogP) is 4.92. The van der Waals surface area contributed by atoms with Gasteiger partial charge in [-0.1, -0.05) is 32.8 Å². The first-order chi connectivity index (χ1) is 16.2. The lowest BCUT2D eigenvalue weighted by Crippen LogP contribution is -2.15. The Morgan fingerprint density at radius 1 is 1.18 bits per heavy atom. The van der Waals surface area contributed by atoms with Crippen LogP contribution in [0.25, 0.3) is 0 Å². The molecule has 1 unspecified atom stereocenters. The van der Waals surface area contributed by atoms with E-state index in [2.05, 4.69) is 5.32 Å². The second kappa shape index (κ2) is 20.4. The fourth-order valence-corrected chi connectivity index (χ4v) is 2.74. The number of nitrogens with zero attached hydrogens (tertiary/aromatic N) is 1. The normalized spacial score (nSPS) is 14.9. The zero-order chi connectivity index (χ0) is 26.6. The molecule has 7 nitrogen and oxygen atoms in total. The van der Waals surface area contributed by atoms with Crippen molar-refractivity contribution in [3.63, 3.8) is 0 Å². The van der Waals surface area contributed by atoms with Gasteiger partial charge in [-0.25, -0.2) is 4.39 Å². The molecule has 2 amide bonds. The highest BCUT2D eigenvalue weighted by Gasteiger charge is 2.22. The zero-order valence-electron chi connectivity index (χ0n) is 22.1. The topological polar surface area (TPSA) is 99.1 Å². The molecule has 1 aliphatic heterocycles. The van der Waals surface area contributed by atoms with Gasteiger partial charge < -0.3 is 25.2 Å². The molecule has 1 aromatic carbocycles. The number of carbonyl (C=O) groups excluding carboxylic acids is 2. The van der Waals surface area contributed by atoms with Crippen LogP contribution in [0.2, 0.25) is 0 Å². The van der Waals surface area contributed by atoms with Crippen molar-refractivity contribution in [1.82, 2.24) is 4.90 Å². The summed E-state index contributed by atoms with van der Waals surface area (Å²) in [5.41, 5.74) is 0.805. The Morgan fingerprint density at radius 2 is 1.71 bits per heavy atom. The summed E-state index contributed by atoms with van der Waals surface area (Å²) in [6, 6.07) is 4.31. The van der Waals surface area contributed by atoms with E-state index in [1.165, 1.54) is 37.8 Å². The molecule has 1 saturated carbocycles. The summed E-state index contributed by atoms with van der Waals surface area (Å²) in [5, 5.41) is 19.2. The maximum Gasteiger partial charge on any atom is 0.211 e. The van der Waals surface area contributed by atoms with Crippen LogP contribution in [0, 0.1) is 11.7 Å². The third kappa shape index (κ3) is 17.4. The van der Waals surface area contributed by atoms with E-state index in [1.807, 2.05) is 34.6 Å². The molecule has 1 atom stereocenters. The van der Waals surface area contributed by atoms with Crippen molar-refractivity contribution in [2.45, 2.75) is 84.8 Å². The molecule has 34 heavy (non-hydrogen) atoms. The van der Waals surface area contributed by atoms with Gasteiger partial charge in [0.2, 0.25) is 12.8 Å². The van der Waals surface area contributed by atoms with E-state index in [4.69, 9.17) is 9.84 Å². The van der Waals surface area contributed by atoms with Crippen LogP contribution in [-0.4, -0.2) is 60.8 Å². The first kappa shape index (κ1) is 34.1. The zero-order valence-corrected chi connectivity index (χ0v) is 22.1. The molecule has 1 saturated heterocycles. The van der Waals surface area contributed by atoms with Crippen molar-refractivity contribution >= 4 is 18.5 Å². The van der Waals surface area contributed by atoms with E-state index in [-0.39, 0.29) is 11.3 Å². The van der Waals surface area contributed by atoms with Crippen molar-refractivity contribution in [1.29, 1.82) is 0 Å². The molecule has 2 fully saturated rings. The Morgan fingerprint density at radius 3 is 2.09 bits per heavy atom. The van der Waals surface area contributed by atoms with Gasteiger partial charge in [0.25, 0.3) is 0 Å². The summed E-state index contributed by atoms with van der Waals surface area (Å²) in [4.78, 5) is 22.0. The third-order valence-corrected chi connectivity index (χ3v) is 5.04. The van der Waals surface area contributed by atoms with Crippen LogP contribution >= 0.6 is 0 Å². The second-order valence-electron chi connectivity index (χ2n) is 8.70. The fourth-order valence-electron chi connectivity index (χ4n) is 2.74. The van der Waals surface area contributed by atoms with Gasteiger partial charge >= 0.3 is 0 Å². The molecule has 3 rings (SSSR count). The van der Waals surface area contributed by atoms with Crippen LogP contribution in [0.3, 0.4) is 0 Å². The SMILES string of the molecule is CC.CO.COC(C)(C)C.O=CN1CCCC1.O=CNc1cc(C(O)CCC2CC2)ccc1F. The molecule has 8 heteroatoms. The number of nitrogens with one attached hydrogen (secondary N) is 1. The lowest BCUT2D eigenvalue weighted by Gasteiger charge is -2.14. The summed E-state index contributed by atoms with van der Waals surface area (Å²) in [6.07, 6.45) is 7.38. The number of ether oxygens (including phenoxy) is 1. The molecule has 1 aliphatic carbocycles. The summed E-state index contributed by atoms with van der Waals surface area (Å²) < 4.78 is 18.2. The molecule has 1 heterocycles. The molecule has 2 aliphatic rings.